The van der Waals surface area contributed by atoms with E-state index in [4.69, 9.17) is 0 Å². The summed E-state index contributed by atoms with van der Waals surface area (Å²) in [5.41, 5.74) is -0.671. The molecule has 1 aromatic rings. The highest BCUT2D eigenvalue weighted by atomic mass is 19.2. The smallest absolute Gasteiger partial charge is 0.200 e. The van der Waals surface area contributed by atoms with Crippen molar-refractivity contribution in [2.24, 2.45) is 0 Å². The Balaban J connectivity index is 3.65. The third-order valence-corrected chi connectivity index (χ3v) is 3.82. The van der Waals surface area contributed by atoms with Gasteiger partial charge in [-0.25, -0.2) is 22.0 Å². The fraction of sp³-hybridized carbons (Fsp3) is 0.538. The summed E-state index contributed by atoms with van der Waals surface area (Å²) in [4.78, 5) is 0. The Morgan fingerprint density at radius 2 is 1.11 bits per heavy atom. The minimum absolute atomic E-state index is 0.315. The van der Waals surface area contributed by atoms with Gasteiger partial charge in [-0.15, -0.1) is 0 Å². The maximum atomic E-state index is 13.9. The Bertz CT molecular complexity index is 440. The molecule has 6 heteroatoms. The second-order valence-corrected chi connectivity index (χ2v) is 4.68. The molecule has 0 aliphatic carbocycles. The summed E-state index contributed by atoms with van der Waals surface area (Å²) in [6, 6.07) is 0. The van der Waals surface area contributed by atoms with Crippen LogP contribution in [0.4, 0.5) is 22.0 Å². The van der Waals surface area contributed by atoms with Crippen molar-refractivity contribution in [3.8, 4) is 0 Å². The van der Waals surface area contributed by atoms with Crippen molar-refractivity contribution in [1.82, 2.24) is 0 Å². The molecule has 0 bridgehead atoms. The lowest BCUT2D eigenvalue weighted by Gasteiger charge is -2.32. The van der Waals surface area contributed by atoms with Crippen molar-refractivity contribution in [1.29, 1.82) is 0 Å². The van der Waals surface area contributed by atoms with Crippen LogP contribution in [0.25, 0.3) is 0 Å². The highest BCUT2D eigenvalue weighted by Crippen LogP contribution is 2.37. The van der Waals surface area contributed by atoms with E-state index >= 15 is 0 Å². The second-order valence-electron chi connectivity index (χ2n) is 4.68. The Morgan fingerprint density at radius 1 is 0.737 bits per heavy atom. The van der Waals surface area contributed by atoms with Crippen molar-refractivity contribution in [2.45, 2.75) is 45.2 Å². The molecule has 1 aromatic carbocycles. The van der Waals surface area contributed by atoms with E-state index in [1.165, 1.54) is 0 Å². The maximum Gasteiger partial charge on any atom is 0.200 e. The predicted octanol–water partition coefficient (Wildman–Crippen LogP) is 4.27. The van der Waals surface area contributed by atoms with Gasteiger partial charge in [-0.2, -0.15) is 0 Å². The average molecular weight is 278 g/mol. The van der Waals surface area contributed by atoms with Gasteiger partial charge in [0, 0.05) is 5.56 Å². The zero-order valence-electron chi connectivity index (χ0n) is 11.2. The predicted molar refractivity (Wildman–Crippen MR) is 66.1 cm³/mol. The lowest BCUT2D eigenvalue weighted by Crippen LogP contribution is -2.35. The third kappa shape index (κ3) is 2.49. The van der Waals surface area contributed by atoms with Crippen LogP contribution in [0, 0.1) is 29.1 Å². The largest absolute Gasteiger partial charge is 0.203 e. The van der Waals surface area contributed by atoms with Gasteiger partial charge in [-0.3, -0.25) is 0 Å². The van der Waals surface area contributed by atoms with Gasteiger partial charge in [0.2, 0.25) is 5.82 Å². The van der Waals surface area contributed by atoms with E-state index in [0.717, 1.165) is 0 Å². The molecule has 0 aromatic heterocycles. The van der Waals surface area contributed by atoms with Gasteiger partial charge in [-0.05, 0) is 5.31 Å². The number of hydrogen-bond donors (Lipinski definition) is 0. The third-order valence-electron chi connectivity index (χ3n) is 3.82. The first kappa shape index (κ1) is 16.0. The summed E-state index contributed by atoms with van der Waals surface area (Å²) in [7, 11) is 0.373. The summed E-state index contributed by atoms with van der Waals surface area (Å²) in [5, 5.41) is -1.02. The zero-order valence-corrected chi connectivity index (χ0v) is 11.2. The lowest BCUT2D eigenvalue weighted by molar-refractivity contribution is 0.353. The molecule has 0 spiro atoms. The van der Waals surface area contributed by atoms with Crippen molar-refractivity contribution in [3.63, 3.8) is 0 Å². The summed E-state index contributed by atoms with van der Waals surface area (Å²) < 4.78 is 67.4. The fourth-order valence-corrected chi connectivity index (χ4v) is 2.63. The lowest BCUT2D eigenvalue weighted by atomic mass is 9.45. The second kappa shape index (κ2) is 5.93. The summed E-state index contributed by atoms with van der Waals surface area (Å²) in [6.07, 6.45) is 1.23. The molecule has 0 saturated carbocycles. The molecule has 0 fully saturated rings. The van der Waals surface area contributed by atoms with Crippen LogP contribution in [-0.4, -0.2) is 7.28 Å². The van der Waals surface area contributed by atoms with E-state index in [9.17, 15) is 22.0 Å². The zero-order chi connectivity index (χ0) is 14.8. The Morgan fingerprint density at radius 3 is 1.42 bits per heavy atom. The molecule has 0 saturated heterocycles. The molecule has 0 radical (unpaired) electrons. The maximum absolute atomic E-state index is 13.9. The van der Waals surface area contributed by atoms with Crippen LogP contribution in [0.3, 0.4) is 0 Å². The monoisotopic (exact) mass is 278 g/mol. The van der Waals surface area contributed by atoms with Gasteiger partial charge in [0.15, 0.2) is 23.3 Å². The first-order chi connectivity index (χ1) is 8.86. The van der Waals surface area contributed by atoms with Crippen molar-refractivity contribution >= 4 is 7.28 Å². The van der Waals surface area contributed by atoms with E-state index in [0.29, 0.717) is 26.4 Å². The normalized spacial score (nSPS) is 11.8. The summed E-state index contributed by atoms with van der Waals surface area (Å²) in [5.74, 6) is -9.23. The van der Waals surface area contributed by atoms with Gasteiger partial charge in [0.05, 0.1) is 0 Å². The van der Waals surface area contributed by atoms with E-state index in [-0.39, 0.29) is 0 Å². The van der Waals surface area contributed by atoms with Crippen LogP contribution in [0.2, 0.25) is 6.32 Å². The number of rotatable bonds is 5. The molecule has 0 aliphatic heterocycles. The standard InChI is InChI=1S/C13H16BF5/c1-4-13(5-2,14-6-3)7-8(15)10(17)12(19)11(18)9(7)16/h14H,4-6H2,1-3H3. The molecular formula is C13H16BF5. The summed E-state index contributed by atoms with van der Waals surface area (Å²) in [6.45, 7) is 5.19. The SMILES string of the molecule is CCBC(CC)(CC)c1c(F)c(F)c(F)c(F)c1F. The highest BCUT2D eigenvalue weighted by molar-refractivity contribution is 6.40. The van der Waals surface area contributed by atoms with Crippen LogP contribution in [-0.2, 0) is 5.31 Å². The van der Waals surface area contributed by atoms with Gasteiger partial charge in [0.1, 0.15) is 7.28 Å². The minimum Gasteiger partial charge on any atom is -0.203 e. The van der Waals surface area contributed by atoms with Crippen LogP contribution in [0.15, 0.2) is 0 Å². The van der Waals surface area contributed by atoms with Crippen LogP contribution in [0.5, 0.6) is 0 Å². The van der Waals surface area contributed by atoms with Crippen molar-refractivity contribution in [2.75, 3.05) is 0 Å². The fourth-order valence-electron chi connectivity index (χ4n) is 2.63. The molecule has 19 heavy (non-hydrogen) atoms. The van der Waals surface area contributed by atoms with Crippen LogP contribution < -0.4 is 0 Å². The van der Waals surface area contributed by atoms with E-state index < -0.39 is 40.0 Å². The van der Waals surface area contributed by atoms with Crippen molar-refractivity contribution in [3.05, 3.63) is 34.6 Å². The van der Waals surface area contributed by atoms with Crippen molar-refractivity contribution < 1.29 is 22.0 Å². The van der Waals surface area contributed by atoms with E-state index in [1.807, 2.05) is 6.92 Å². The average Bonchev–Trinajstić information content (AvgIpc) is 2.42. The molecule has 0 N–H and O–H groups in total. The van der Waals surface area contributed by atoms with Gasteiger partial charge in [-0.1, -0.05) is 39.9 Å². The molecule has 106 valence electrons. The topological polar surface area (TPSA) is 0 Å². The molecular weight excluding hydrogens is 262 g/mol. The van der Waals surface area contributed by atoms with Crippen LogP contribution >= 0.6 is 0 Å². The molecule has 0 aliphatic rings. The van der Waals surface area contributed by atoms with Gasteiger partial charge in [0.25, 0.3) is 0 Å². The van der Waals surface area contributed by atoms with Gasteiger partial charge >= 0.3 is 0 Å². The first-order valence-corrected chi connectivity index (χ1v) is 6.38. The Kier molecular flexibility index (Phi) is 4.99. The highest BCUT2D eigenvalue weighted by Gasteiger charge is 2.38. The van der Waals surface area contributed by atoms with E-state index in [2.05, 4.69) is 0 Å². The quantitative estimate of drug-likeness (QED) is 0.326. The Labute approximate surface area is 110 Å². The molecule has 1 rings (SSSR count). The Hall–Kier alpha value is -1.07. The number of hydrogen-bond acceptors (Lipinski definition) is 0. The number of halogens is 5. The molecule has 0 unspecified atom stereocenters. The summed E-state index contributed by atoms with van der Waals surface area (Å²) >= 11 is 0. The van der Waals surface area contributed by atoms with E-state index in [1.54, 1.807) is 13.8 Å². The number of benzene rings is 1. The molecule has 0 amide bonds. The van der Waals surface area contributed by atoms with Gasteiger partial charge < -0.3 is 0 Å². The minimum atomic E-state index is -2.10. The van der Waals surface area contributed by atoms with Crippen LogP contribution in [0.1, 0.15) is 39.2 Å². The first-order valence-electron chi connectivity index (χ1n) is 6.38. The molecule has 0 heterocycles. The molecule has 0 atom stereocenters. The molecule has 0 nitrogen and oxygen atoms in total.